The van der Waals surface area contributed by atoms with Crippen molar-refractivity contribution < 1.29 is 14.3 Å². The molecule has 8 heteroatoms. The van der Waals surface area contributed by atoms with Gasteiger partial charge in [0.1, 0.15) is 0 Å². The molecule has 1 fully saturated rings. The molecular formula is C20H27N5O3. The summed E-state index contributed by atoms with van der Waals surface area (Å²) in [6.07, 6.45) is 1.13. The Balaban J connectivity index is 1.54. The summed E-state index contributed by atoms with van der Waals surface area (Å²) in [6.45, 7) is 7.27. The highest BCUT2D eigenvalue weighted by Gasteiger charge is 2.24. The largest absolute Gasteiger partial charge is 0.450 e. The van der Waals surface area contributed by atoms with E-state index >= 15 is 0 Å². The number of piperidine rings is 1. The monoisotopic (exact) mass is 385 g/mol. The van der Waals surface area contributed by atoms with Crippen LogP contribution in [0.15, 0.2) is 30.3 Å². The molecule has 2 heterocycles. The van der Waals surface area contributed by atoms with E-state index in [2.05, 4.69) is 15.7 Å². The molecule has 1 aliphatic rings. The van der Waals surface area contributed by atoms with Crippen LogP contribution < -0.4 is 10.6 Å². The molecule has 0 bridgehead atoms. The minimum atomic E-state index is -0.286. The third kappa shape index (κ3) is 4.82. The Bertz CT molecular complexity index is 840. The van der Waals surface area contributed by atoms with Crippen molar-refractivity contribution in [1.29, 1.82) is 0 Å². The standard InChI is InChI=1S/C20H27N5O3/c1-4-28-20(27)24-10-8-16(9-11-24)21-19(26)22-17-6-5-7-18(13-17)25-15(3)12-14(2)23-25/h5-7,12-13,16H,4,8-11H2,1-3H3,(H2,21,22,26). The molecule has 0 atom stereocenters. The number of aryl methyl sites for hydroxylation is 2. The highest BCUT2D eigenvalue weighted by atomic mass is 16.6. The van der Waals surface area contributed by atoms with E-state index in [1.165, 1.54) is 0 Å². The van der Waals surface area contributed by atoms with Gasteiger partial charge in [-0.05, 0) is 57.9 Å². The van der Waals surface area contributed by atoms with E-state index in [0.29, 0.717) is 38.2 Å². The maximum atomic E-state index is 12.4. The van der Waals surface area contributed by atoms with E-state index in [1.54, 1.807) is 11.8 Å². The van der Waals surface area contributed by atoms with Crippen molar-refractivity contribution in [3.8, 4) is 5.69 Å². The lowest BCUT2D eigenvalue weighted by Crippen LogP contribution is -2.47. The molecule has 3 amide bonds. The Hall–Kier alpha value is -3.03. The van der Waals surface area contributed by atoms with E-state index < -0.39 is 0 Å². The van der Waals surface area contributed by atoms with E-state index in [9.17, 15) is 9.59 Å². The fourth-order valence-corrected chi connectivity index (χ4v) is 3.38. The summed E-state index contributed by atoms with van der Waals surface area (Å²) in [4.78, 5) is 25.8. The average molecular weight is 385 g/mol. The number of hydrogen-bond donors (Lipinski definition) is 2. The molecule has 1 aromatic heterocycles. The maximum Gasteiger partial charge on any atom is 0.409 e. The van der Waals surface area contributed by atoms with Crippen LogP contribution in [0.2, 0.25) is 0 Å². The Kier molecular flexibility index (Phi) is 6.18. The molecule has 0 radical (unpaired) electrons. The van der Waals surface area contributed by atoms with Crippen LogP contribution in [0.1, 0.15) is 31.2 Å². The van der Waals surface area contributed by atoms with Gasteiger partial charge in [0.25, 0.3) is 0 Å². The number of amides is 3. The average Bonchev–Trinajstić information content (AvgIpc) is 3.01. The molecule has 3 rings (SSSR count). The number of carbonyl (C=O) groups is 2. The third-order valence-electron chi connectivity index (χ3n) is 4.71. The van der Waals surface area contributed by atoms with Gasteiger partial charge in [-0.1, -0.05) is 6.07 Å². The van der Waals surface area contributed by atoms with Gasteiger partial charge in [-0.2, -0.15) is 5.10 Å². The molecule has 28 heavy (non-hydrogen) atoms. The molecule has 0 spiro atoms. The smallest absolute Gasteiger partial charge is 0.409 e. The summed E-state index contributed by atoms with van der Waals surface area (Å²) in [5.41, 5.74) is 3.58. The third-order valence-corrected chi connectivity index (χ3v) is 4.71. The first-order chi connectivity index (χ1) is 13.5. The molecule has 2 N–H and O–H groups in total. The molecule has 1 aromatic carbocycles. The number of ether oxygens (including phenoxy) is 1. The van der Waals surface area contributed by atoms with E-state index in [4.69, 9.17) is 4.74 Å². The van der Waals surface area contributed by atoms with Gasteiger partial charge in [0.05, 0.1) is 18.0 Å². The van der Waals surface area contributed by atoms with Crippen molar-refractivity contribution in [3.05, 3.63) is 41.7 Å². The zero-order valence-electron chi connectivity index (χ0n) is 16.6. The number of aromatic nitrogens is 2. The minimum absolute atomic E-state index is 0.0323. The number of nitrogens with one attached hydrogen (secondary N) is 2. The molecule has 0 saturated carbocycles. The van der Waals surface area contributed by atoms with Crippen LogP contribution in [-0.2, 0) is 4.74 Å². The molecule has 1 aliphatic heterocycles. The lowest BCUT2D eigenvalue weighted by Gasteiger charge is -2.31. The molecule has 8 nitrogen and oxygen atoms in total. The minimum Gasteiger partial charge on any atom is -0.450 e. The lowest BCUT2D eigenvalue weighted by atomic mass is 10.1. The summed E-state index contributed by atoms with van der Waals surface area (Å²) in [6, 6.07) is 9.37. The second-order valence-corrected chi connectivity index (χ2v) is 6.95. The van der Waals surface area contributed by atoms with Gasteiger partial charge in [-0.15, -0.1) is 0 Å². The van der Waals surface area contributed by atoms with Gasteiger partial charge in [0.2, 0.25) is 0 Å². The predicted molar refractivity (Wildman–Crippen MR) is 107 cm³/mol. The van der Waals surface area contributed by atoms with Gasteiger partial charge in [0.15, 0.2) is 0 Å². The highest BCUT2D eigenvalue weighted by Crippen LogP contribution is 2.17. The first kappa shape index (κ1) is 19.7. The Labute approximate surface area is 164 Å². The summed E-state index contributed by atoms with van der Waals surface area (Å²) >= 11 is 0. The quantitative estimate of drug-likeness (QED) is 0.846. The van der Waals surface area contributed by atoms with Gasteiger partial charge in [-0.25, -0.2) is 14.3 Å². The molecule has 150 valence electrons. The van der Waals surface area contributed by atoms with Crippen molar-refractivity contribution >= 4 is 17.8 Å². The van der Waals surface area contributed by atoms with E-state index in [0.717, 1.165) is 17.1 Å². The molecule has 0 aliphatic carbocycles. The van der Waals surface area contributed by atoms with Crippen molar-refractivity contribution in [2.24, 2.45) is 0 Å². The van der Waals surface area contributed by atoms with Crippen LogP contribution in [0.25, 0.3) is 5.69 Å². The van der Waals surface area contributed by atoms with Gasteiger partial charge < -0.3 is 20.3 Å². The summed E-state index contributed by atoms with van der Waals surface area (Å²) in [5, 5.41) is 10.3. The zero-order valence-corrected chi connectivity index (χ0v) is 16.6. The van der Waals surface area contributed by atoms with Crippen molar-refractivity contribution in [2.45, 2.75) is 39.7 Å². The van der Waals surface area contributed by atoms with Gasteiger partial charge >= 0.3 is 12.1 Å². The van der Waals surface area contributed by atoms with Crippen LogP contribution in [0.3, 0.4) is 0 Å². The second kappa shape index (κ2) is 8.77. The van der Waals surface area contributed by atoms with E-state index in [1.807, 2.05) is 48.9 Å². The summed E-state index contributed by atoms with van der Waals surface area (Å²) in [7, 11) is 0. The zero-order chi connectivity index (χ0) is 20.1. The number of rotatable bonds is 4. The predicted octanol–water partition coefficient (Wildman–Crippen LogP) is 3.23. The molecule has 2 aromatic rings. The number of anilines is 1. The first-order valence-electron chi connectivity index (χ1n) is 9.59. The lowest BCUT2D eigenvalue weighted by molar-refractivity contribution is 0.0959. The van der Waals surface area contributed by atoms with E-state index in [-0.39, 0.29) is 18.2 Å². The second-order valence-electron chi connectivity index (χ2n) is 6.95. The van der Waals surface area contributed by atoms with Crippen LogP contribution in [0.4, 0.5) is 15.3 Å². The fourth-order valence-electron chi connectivity index (χ4n) is 3.38. The first-order valence-corrected chi connectivity index (χ1v) is 9.59. The van der Waals surface area contributed by atoms with Gasteiger partial charge in [-0.3, -0.25) is 0 Å². The number of carbonyl (C=O) groups excluding carboxylic acids is 2. The Morgan fingerprint density at radius 2 is 1.96 bits per heavy atom. The Morgan fingerprint density at radius 3 is 2.61 bits per heavy atom. The molecule has 0 unspecified atom stereocenters. The van der Waals surface area contributed by atoms with Crippen molar-refractivity contribution in [2.75, 3.05) is 25.0 Å². The van der Waals surface area contributed by atoms with Crippen LogP contribution in [0, 0.1) is 13.8 Å². The van der Waals surface area contributed by atoms with Crippen LogP contribution >= 0.6 is 0 Å². The number of hydrogen-bond acceptors (Lipinski definition) is 4. The molecule has 1 saturated heterocycles. The number of nitrogens with zero attached hydrogens (tertiary/aromatic N) is 3. The molecular weight excluding hydrogens is 358 g/mol. The van der Waals surface area contributed by atoms with Crippen molar-refractivity contribution in [1.82, 2.24) is 20.0 Å². The summed E-state index contributed by atoms with van der Waals surface area (Å²) < 4.78 is 6.87. The van der Waals surface area contributed by atoms with Crippen LogP contribution in [-0.4, -0.2) is 52.5 Å². The number of benzene rings is 1. The van der Waals surface area contributed by atoms with Gasteiger partial charge in [0, 0.05) is 30.5 Å². The maximum absolute atomic E-state index is 12.4. The normalized spacial score (nSPS) is 14.6. The van der Waals surface area contributed by atoms with Crippen molar-refractivity contribution in [3.63, 3.8) is 0 Å². The van der Waals surface area contributed by atoms with Crippen LogP contribution in [0.5, 0.6) is 0 Å². The number of likely N-dealkylation sites (tertiary alicyclic amines) is 1. The Morgan fingerprint density at radius 1 is 1.21 bits per heavy atom. The SMILES string of the molecule is CCOC(=O)N1CCC(NC(=O)Nc2cccc(-n3nc(C)cc3C)c2)CC1. The number of urea groups is 1. The summed E-state index contributed by atoms with van der Waals surface area (Å²) in [5.74, 6) is 0. The fraction of sp³-hybridized carbons (Fsp3) is 0.450. The topological polar surface area (TPSA) is 88.5 Å². The highest BCUT2D eigenvalue weighted by molar-refractivity contribution is 5.89.